The molecule has 0 bridgehead atoms. The molecule has 1 aromatic heterocycles. The van der Waals surface area contributed by atoms with Crippen LogP contribution in [0.1, 0.15) is 0 Å². The molecule has 15 heavy (non-hydrogen) atoms. The number of rotatable bonds is 0. The highest BCUT2D eigenvalue weighted by molar-refractivity contribution is 8.22. The first kappa shape index (κ1) is 12.9. The molecular formula is C10H11IN2S2. The van der Waals surface area contributed by atoms with Crippen LogP contribution in [0.25, 0.3) is 11.0 Å². The molecule has 0 unspecified atom stereocenters. The lowest BCUT2D eigenvalue weighted by atomic mass is 10.3. The molecule has 0 atom stereocenters. The van der Waals surface area contributed by atoms with E-state index in [2.05, 4.69) is 16.7 Å². The normalized spacial score (nSPS) is 10.0. The van der Waals surface area contributed by atoms with Gasteiger partial charge in [-0.25, -0.2) is 4.57 Å². The van der Waals surface area contributed by atoms with Crippen LogP contribution >= 0.6 is 24.0 Å². The number of fused-ring (bicyclic) bond motifs is 1. The van der Waals surface area contributed by atoms with Crippen molar-refractivity contribution in [3.63, 3.8) is 0 Å². The first-order valence-electron chi connectivity index (χ1n) is 4.28. The number of aryl methyl sites for hydroxylation is 1. The molecule has 0 saturated heterocycles. The van der Waals surface area contributed by atoms with Crippen LogP contribution in [0.3, 0.4) is 0 Å². The minimum absolute atomic E-state index is 0. The lowest BCUT2D eigenvalue weighted by Crippen LogP contribution is -3.00. The summed E-state index contributed by atoms with van der Waals surface area (Å²) in [4.78, 5) is 0. The third-order valence-electron chi connectivity index (χ3n) is 2.18. The first-order chi connectivity index (χ1) is 6.74. The molecule has 0 aliphatic rings. The predicted molar refractivity (Wildman–Crippen MR) is 64.6 cm³/mol. The Morgan fingerprint density at radius 3 is 2.73 bits per heavy atom. The SMILES string of the molecule is CSC(=S)n1c[n+](C)c2ccccc21.[I-]. The maximum absolute atomic E-state index is 5.28. The molecule has 80 valence electrons. The molecule has 1 heterocycles. The second-order valence-corrected chi connectivity index (χ2v) is 4.50. The second-order valence-electron chi connectivity index (χ2n) is 3.06. The fourth-order valence-corrected chi connectivity index (χ4v) is 2.00. The highest BCUT2D eigenvalue weighted by Crippen LogP contribution is 2.13. The van der Waals surface area contributed by atoms with Gasteiger partial charge in [-0.15, -0.1) is 0 Å². The van der Waals surface area contributed by atoms with E-state index < -0.39 is 0 Å². The van der Waals surface area contributed by atoms with E-state index in [1.165, 1.54) is 5.52 Å². The molecule has 0 saturated carbocycles. The lowest BCUT2D eigenvalue weighted by molar-refractivity contribution is -0.645. The molecule has 0 radical (unpaired) electrons. The molecule has 0 fully saturated rings. The third kappa shape index (κ3) is 2.34. The van der Waals surface area contributed by atoms with Crippen molar-refractivity contribution in [2.24, 2.45) is 7.05 Å². The highest BCUT2D eigenvalue weighted by atomic mass is 127. The summed E-state index contributed by atoms with van der Waals surface area (Å²) in [5.74, 6) is 0. The number of thioether (sulfide) groups is 1. The van der Waals surface area contributed by atoms with Gasteiger partial charge < -0.3 is 24.0 Å². The Labute approximate surface area is 116 Å². The molecule has 2 nitrogen and oxygen atoms in total. The van der Waals surface area contributed by atoms with Gasteiger partial charge in [-0.05, 0) is 30.6 Å². The standard InChI is InChI=1S/C10H11N2S2.HI/c1-11-7-12(10(13)14-2)9-6-4-3-5-8(9)11;/h3-7H,1-2H3;1H/q+1;/p-1. The largest absolute Gasteiger partial charge is 1.00 e. The molecule has 0 amide bonds. The topological polar surface area (TPSA) is 8.81 Å². The Morgan fingerprint density at radius 2 is 2.07 bits per heavy atom. The smallest absolute Gasteiger partial charge is 0.250 e. The van der Waals surface area contributed by atoms with Crippen LogP contribution in [0.4, 0.5) is 0 Å². The molecule has 5 heteroatoms. The van der Waals surface area contributed by atoms with Crippen LogP contribution in [0, 0.1) is 0 Å². The van der Waals surface area contributed by atoms with Crippen molar-refractivity contribution >= 4 is 39.3 Å². The van der Waals surface area contributed by atoms with Crippen LogP contribution in [-0.4, -0.2) is 15.1 Å². The van der Waals surface area contributed by atoms with Crippen molar-refractivity contribution < 1.29 is 28.5 Å². The number of hydrogen-bond acceptors (Lipinski definition) is 2. The van der Waals surface area contributed by atoms with Crippen molar-refractivity contribution in [3.8, 4) is 0 Å². The van der Waals surface area contributed by atoms with E-state index in [1.54, 1.807) is 11.8 Å². The van der Waals surface area contributed by atoms with Crippen LogP contribution in [0.15, 0.2) is 30.6 Å². The van der Waals surface area contributed by atoms with Gasteiger partial charge in [0.2, 0.25) is 4.32 Å². The summed E-state index contributed by atoms with van der Waals surface area (Å²) in [7, 11) is 2.03. The maximum atomic E-state index is 5.28. The average Bonchev–Trinajstić information content (AvgIpc) is 2.56. The van der Waals surface area contributed by atoms with E-state index in [0.29, 0.717) is 0 Å². The van der Waals surface area contributed by atoms with Gasteiger partial charge in [-0.2, -0.15) is 4.57 Å². The van der Waals surface area contributed by atoms with Crippen LogP contribution in [-0.2, 0) is 7.05 Å². The predicted octanol–water partition coefficient (Wildman–Crippen LogP) is -1.03. The van der Waals surface area contributed by atoms with Gasteiger partial charge in [0.05, 0.1) is 7.05 Å². The van der Waals surface area contributed by atoms with E-state index in [0.717, 1.165) is 9.84 Å². The van der Waals surface area contributed by atoms with Crippen molar-refractivity contribution in [2.75, 3.05) is 6.26 Å². The summed E-state index contributed by atoms with van der Waals surface area (Å²) >= 11 is 6.86. The van der Waals surface area contributed by atoms with Gasteiger partial charge in [0.1, 0.15) is 0 Å². The van der Waals surface area contributed by atoms with Gasteiger partial charge in [0, 0.05) is 0 Å². The van der Waals surface area contributed by atoms with Crippen LogP contribution in [0.2, 0.25) is 0 Å². The zero-order chi connectivity index (χ0) is 10.1. The molecule has 0 aliphatic carbocycles. The number of halogens is 1. The molecule has 2 rings (SSSR count). The Kier molecular flexibility index (Phi) is 4.54. The highest BCUT2D eigenvalue weighted by Gasteiger charge is 2.15. The minimum atomic E-state index is 0. The summed E-state index contributed by atoms with van der Waals surface area (Å²) in [5, 5.41) is 0. The lowest BCUT2D eigenvalue weighted by Gasteiger charge is -1.92. The fraction of sp³-hybridized carbons (Fsp3) is 0.200. The summed E-state index contributed by atoms with van der Waals surface area (Å²) in [5.41, 5.74) is 2.36. The number of aromatic nitrogens is 2. The Hall–Kier alpha value is -0.140. The van der Waals surface area contributed by atoms with Gasteiger partial charge in [-0.1, -0.05) is 23.9 Å². The van der Waals surface area contributed by atoms with E-state index in [1.807, 2.05) is 36.3 Å². The quantitative estimate of drug-likeness (QED) is 0.341. The summed E-state index contributed by atoms with van der Waals surface area (Å²) in [6.07, 6.45) is 4.01. The molecule has 2 aromatic rings. The molecule has 0 spiro atoms. The van der Waals surface area contributed by atoms with E-state index in [-0.39, 0.29) is 24.0 Å². The van der Waals surface area contributed by atoms with Gasteiger partial charge in [0.25, 0.3) is 6.33 Å². The maximum Gasteiger partial charge on any atom is 0.250 e. The third-order valence-corrected chi connectivity index (χ3v) is 3.42. The Bertz CT molecular complexity index is 493. The van der Waals surface area contributed by atoms with Crippen molar-refractivity contribution in [1.82, 2.24) is 4.57 Å². The van der Waals surface area contributed by atoms with E-state index in [4.69, 9.17) is 12.2 Å². The number of hydrogen-bond donors (Lipinski definition) is 0. The summed E-state index contributed by atoms with van der Waals surface area (Å²) < 4.78 is 4.99. The van der Waals surface area contributed by atoms with Crippen LogP contribution in [0.5, 0.6) is 0 Å². The number of benzene rings is 1. The van der Waals surface area contributed by atoms with E-state index in [9.17, 15) is 0 Å². The molecule has 0 N–H and O–H groups in total. The first-order valence-corrected chi connectivity index (χ1v) is 5.91. The van der Waals surface area contributed by atoms with E-state index >= 15 is 0 Å². The monoisotopic (exact) mass is 350 g/mol. The van der Waals surface area contributed by atoms with Crippen molar-refractivity contribution in [1.29, 1.82) is 0 Å². The van der Waals surface area contributed by atoms with Crippen molar-refractivity contribution in [2.45, 2.75) is 0 Å². The van der Waals surface area contributed by atoms with Gasteiger partial charge in [-0.3, -0.25) is 0 Å². The van der Waals surface area contributed by atoms with Gasteiger partial charge in [0.15, 0.2) is 11.0 Å². The number of para-hydroxylation sites is 2. The Balaban J connectivity index is 0.00000112. The zero-order valence-electron chi connectivity index (χ0n) is 8.48. The fourth-order valence-electron chi connectivity index (χ4n) is 1.51. The number of imidazole rings is 1. The van der Waals surface area contributed by atoms with Crippen molar-refractivity contribution in [3.05, 3.63) is 30.6 Å². The van der Waals surface area contributed by atoms with Crippen LogP contribution < -0.4 is 28.5 Å². The van der Waals surface area contributed by atoms with Gasteiger partial charge >= 0.3 is 0 Å². The number of thiocarbonyl (C=S) groups is 1. The zero-order valence-corrected chi connectivity index (χ0v) is 12.3. The second kappa shape index (κ2) is 5.27. The Morgan fingerprint density at radius 1 is 1.40 bits per heavy atom. The molecule has 0 aliphatic heterocycles. The number of nitrogens with zero attached hydrogens (tertiary/aromatic N) is 2. The summed E-state index contributed by atoms with van der Waals surface area (Å²) in [6.45, 7) is 0. The molecule has 1 aromatic carbocycles. The summed E-state index contributed by atoms with van der Waals surface area (Å²) in [6, 6.07) is 8.24. The minimum Gasteiger partial charge on any atom is -1.00 e. The molecular weight excluding hydrogens is 339 g/mol. The average molecular weight is 350 g/mol.